The predicted molar refractivity (Wildman–Crippen MR) is 108 cm³/mol. The number of aliphatic hydroxyl groups excluding tert-OH is 1. The second kappa shape index (κ2) is 9.54. The van der Waals surface area contributed by atoms with E-state index in [-0.39, 0.29) is 0 Å². The summed E-state index contributed by atoms with van der Waals surface area (Å²) < 4.78 is 0. The third-order valence-corrected chi connectivity index (χ3v) is 4.06. The number of hydrogen-bond acceptors (Lipinski definition) is 8. The number of benzene rings is 1. The van der Waals surface area contributed by atoms with Gasteiger partial charge in [-0.1, -0.05) is 24.3 Å². The zero-order valence-corrected chi connectivity index (χ0v) is 15.1. The van der Waals surface area contributed by atoms with Crippen molar-refractivity contribution < 1.29 is 5.11 Å². The van der Waals surface area contributed by atoms with Crippen LogP contribution in [0, 0.1) is 5.92 Å². The van der Waals surface area contributed by atoms with Gasteiger partial charge in [0, 0.05) is 25.3 Å². The Morgan fingerprint density at radius 1 is 1.00 bits per heavy atom. The fourth-order valence-electron chi connectivity index (χ4n) is 2.66. The number of allylic oxidation sites excluding steroid dienone is 3. The lowest BCUT2D eigenvalue weighted by molar-refractivity contribution is 0.419. The fraction of sp³-hybridized carbons (Fsp3) is 0.316. The maximum atomic E-state index is 9.39. The lowest BCUT2D eigenvalue weighted by atomic mass is 9.97. The summed E-state index contributed by atoms with van der Waals surface area (Å²) in [6.45, 7) is 1.79. The highest BCUT2D eigenvalue weighted by atomic mass is 16.3. The molecule has 0 aliphatic heterocycles. The molecule has 0 saturated carbocycles. The maximum Gasteiger partial charge on any atom is 0.233 e. The molecule has 0 bridgehead atoms. The summed E-state index contributed by atoms with van der Waals surface area (Å²) in [5.74, 6) is 2.17. The van der Waals surface area contributed by atoms with Crippen LogP contribution in [0.15, 0.2) is 54.3 Å². The molecule has 142 valence electrons. The molecule has 1 aromatic heterocycles. The average molecular weight is 367 g/mol. The Balaban J connectivity index is 1.63. The molecular formula is C19H25N7O. The molecule has 27 heavy (non-hydrogen) atoms. The molecule has 1 aliphatic carbocycles. The van der Waals surface area contributed by atoms with Crippen LogP contribution >= 0.6 is 0 Å². The lowest BCUT2D eigenvalue weighted by Crippen LogP contribution is -2.17. The van der Waals surface area contributed by atoms with Crippen molar-refractivity contribution in [3.63, 3.8) is 0 Å². The number of anilines is 4. The number of para-hydroxylation sites is 1. The number of aromatic nitrogens is 3. The van der Waals surface area contributed by atoms with Gasteiger partial charge in [-0.05, 0) is 43.0 Å². The van der Waals surface area contributed by atoms with Gasteiger partial charge in [-0.25, -0.2) is 0 Å². The van der Waals surface area contributed by atoms with Gasteiger partial charge in [0.1, 0.15) is 5.76 Å². The van der Waals surface area contributed by atoms with Crippen molar-refractivity contribution in [1.29, 1.82) is 0 Å². The molecule has 1 atom stereocenters. The Bertz CT molecular complexity index is 792. The second-order valence-electron chi connectivity index (χ2n) is 6.21. The van der Waals surface area contributed by atoms with Crippen LogP contribution in [0.5, 0.6) is 0 Å². The number of nitrogens with two attached hydrogens (primary N) is 1. The predicted octanol–water partition coefficient (Wildman–Crippen LogP) is 2.81. The van der Waals surface area contributed by atoms with Gasteiger partial charge in [-0.3, -0.25) is 0 Å². The van der Waals surface area contributed by atoms with Gasteiger partial charge in [0.25, 0.3) is 0 Å². The summed E-state index contributed by atoms with van der Waals surface area (Å²) >= 11 is 0. The summed E-state index contributed by atoms with van der Waals surface area (Å²) in [6, 6.07) is 9.74. The molecule has 1 aromatic carbocycles. The summed E-state index contributed by atoms with van der Waals surface area (Å²) in [6.07, 6.45) is 7.36. The van der Waals surface area contributed by atoms with Crippen LogP contribution in [0.3, 0.4) is 0 Å². The van der Waals surface area contributed by atoms with Gasteiger partial charge in [-0.15, -0.1) is 0 Å². The largest absolute Gasteiger partial charge is 0.508 e. The van der Waals surface area contributed by atoms with Gasteiger partial charge in [-0.2, -0.15) is 15.0 Å². The maximum absolute atomic E-state index is 9.39. The third-order valence-electron chi connectivity index (χ3n) is 4.06. The van der Waals surface area contributed by atoms with Crippen molar-refractivity contribution >= 4 is 23.5 Å². The molecule has 0 spiro atoms. The summed E-state index contributed by atoms with van der Waals surface area (Å²) in [5.41, 5.74) is 6.46. The Morgan fingerprint density at radius 3 is 2.37 bits per heavy atom. The van der Waals surface area contributed by atoms with Crippen LogP contribution in [0.1, 0.15) is 12.8 Å². The first-order chi connectivity index (χ1) is 13.2. The van der Waals surface area contributed by atoms with Crippen LogP contribution < -0.4 is 21.7 Å². The van der Waals surface area contributed by atoms with Gasteiger partial charge >= 0.3 is 0 Å². The lowest BCUT2D eigenvalue weighted by Gasteiger charge is -2.15. The summed E-state index contributed by atoms with van der Waals surface area (Å²) in [5, 5.41) is 18.9. The van der Waals surface area contributed by atoms with E-state index in [2.05, 4.69) is 30.9 Å². The third kappa shape index (κ3) is 5.96. The minimum atomic E-state index is 0.337. The van der Waals surface area contributed by atoms with Crippen LogP contribution in [-0.2, 0) is 0 Å². The first-order valence-electron chi connectivity index (χ1n) is 9.06. The van der Waals surface area contributed by atoms with Crippen LogP contribution in [-0.4, -0.2) is 39.7 Å². The molecule has 3 rings (SSSR count). The molecule has 0 amide bonds. The van der Waals surface area contributed by atoms with Crippen molar-refractivity contribution in [2.24, 2.45) is 11.7 Å². The number of nitrogens with one attached hydrogen (secondary N) is 3. The summed E-state index contributed by atoms with van der Waals surface area (Å²) in [7, 11) is 0. The highest BCUT2D eigenvalue weighted by Gasteiger charge is 2.10. The normalized spacial score (nSPS) is 15.9. The van der Waals surface area contributed by atoms with Crippen LogP contribution in [0.2, 0.25) is 0 Å². The fourth-order valence-corrected chi connectivity index (χ4v) is 2.66. The highest BCUT2D eigenvalue weighted by Crippen LogP contribution is 2.19. The molecule has 8 nitrogen and oxygen atoms in total. The van der Waals surface area contributed by atoms with Crippen LogP contribution in [0.4, 0.5) is 23.5 Å². The Morgan fingerprint density at radius 2 is 1.70 bits per heavy atom. The van der Waals surface area contributed by atoms with E-state index in [1.807, 2.05) is 42.5 Å². The minimum absolute atomic E-state index is 0.337. The molecule has 1 aliphatic rings. The van der Waals surface area contributed by atoms with E-state index in [0.717, 1.165) is 18.5 Å². The monoisotopic (exact) mass is 367 g/mol. The summed E-state index contributed by atoms with van der Waals surface area (Å²) in [4.78, 5) is 13.2. The number of nitrogens with zero attached hydrogens (tertiary/aromatic N) is 3. The van der Waals surface area contributed by atoms with E-state index in [4.69, 9.17) is 5.73 Å². The number of rotatable bonds is 9. The van der Waals surface area contributed by atoms with E-state index in [9.17, 15) is 5.11 Å². The molecule has 1 unspecified atom stereocenters. The Labute approximate surface area is 158 Å². The smallest absolute Gasteiger partial charge is 0.233 e. The molecule has 0 fully saturated rings. The SMILES string of the molecule is NCCNc1nc(NCCC2C=CC(O)=CC2)nc(Nc2ccccc2)n1. The zero-order chi connectivity index (χ0) is 18.9. The van der Waals surface area contributed by atoms with E-state index >= 15 is 0 Å². The zero-order valence-electron chi connectivity index (χ0n) is 15.1. The molecule has 6 N–H and O–H groups in total. The number of aliphatic hydroxyl groups is 1. The van der Waals surface area contributed by atoms with Gasteiger partial charge in [0.05, 0.1) is 0 Å². The molecule has 0 radical (unpaired) electrons. The van der Waals surface area contributed by atoms with E-state index in [1.165, 1.54) is 0 Å². The second-order valence-corrected chi connectivity index (χ2v) is 6.21. The van der Waals surface area contributed by atoms with Crippen molar-refractivity contribution in [1.82, 2.24) is 15.0 Å². The molecule has 8 heteroatoms. The van der Waals surface area contributed by atoms with E-state index in [1.54, 1.807) is 6.08 Å². The minimum Gasteiger partial charge on any atom is -0.508 e. The van der Waals surface area contributed by atoms with Crippen molar-refractivity contribution in [3.05, 3.63) is 54.3 Å². The standard InChI is InChI=1S/C19H25N7O/c20-11-13-22-18-24-17(21-12-10-14-6-8-16(27)9-7-14)25-19(26-18)23-15-4-2-1-3-5-15/h1-6,8-9,14,27H,7,10-13,20H2,(H3,21,22,23,24,25,26). The van der Waals surface area contributed by atoms with Gasteiger partial charge < -0.3 is 26.8 Å². The molecule has 2 aromatic rings. The topological polar surface area (TPSA) is 121 Å². The van der Waals surface area contributed by atoms with Crippen molar-refractivity contribution in [3.8, 4) is 0 Å². The molecular weight excluding hydrogens is 342 g/mol. The van der Waals surface area contributed by atoms with Crippen LogP contribution in [0.25, 0.3) is 0 Å². The quantitative estimate of drug-likeness (QED) is 0.459. The Kier molecular flexibility index (Phi) is 6.59. The Hall–Kier alpha value is -3.13. The number of hydrogen-bond donors (Lipinski definition) is 5. The highest BCUT2D eigenvalue weighted by molar-refractivity contribution is 5.55. The van der Waals surface area contributed by atoms with E-state index < -0.39 is 0 Å². The van der Waals surface area contributed by atoms with E-state index in [0.29, 0.717) is 49.2 Å². The first kappa shape index (κ1) is 18.7. The van der Waals surface area contributed by atoms with Crippen molar-refractivity contribution in [2.75, 3.05) is 35.6 Å². The van der Waals surface area contributed by atoms with Gasteiger partial charge in [0.15, 0.2) is 0 Å². The molecule has 0 saturated heterocycles. The van der Waals surface area contributed by atoms with Gasteiger partial charge in [0.2, 0.25) is 17.8 Å². The average Bonchev–Trinajstić information content (AvgIpc) is 2.69. The first-order valence-corrected chi connectivity index (χ1v) is 9.06. The van der Waals surface area contributed by atoms with Crippen molar-refractivity contribution in [2.45, 2.75) is 12.8 Å². The molecule has 1 heterocycles.